The number of likely N-dealkylation sites (N-methyl/N-ethyl adjacent to an activating group) is 2. The molecular weight excluding hydrogens is 222 g/mol. The number of benzene rings is 1. The number of hydrogen-bond acceptors (Lipinski definition) is 3. The van der Waals surface area contributed by atoms with Gasteiger partial charge in [0.05, 0.1) is 0 Å². The summed E-state index contributed by atoms with van der Waals surface area (Å²) >= 11 is 0. The largest absolute Gasteiger partial charge is 0.372 e. The average Bonchev–Trinajstić information content (AvgIpc) is 2.33. The van der Waals surface area contributed by atoms with Gasteiger partial charge in [0.1, 0.15) is 0 Å². The van der Waals surface area contributed by atoms with Crippen molar-refractivity contribution >= 4 is 5.69 Å². The lowest BCUT2D eigenvalue weighted by molar-refractivity contribution is 0.0683. The summed E-state index contributed by atoms with van der Waals surface area (Å²) in [5.41, 5.74) is 8.68. The van der Waals surface area contributed by atoms with E-state index in [9.17, 15) is 0 Å². The standard InChI is InChI=1S/C15H25N3/c1-17(2)15(9-6-10-15)12-18(3)14-8-5-4-7-13(14)11-16/h4-5,7-8H,6,9-12,16H2,1-3H3. The van der Waals surface area contributed by atoms with E-state index in [-0.39, 0.29) is 0 Å². The Morgan fingerprint density at radius 2 is 1.83 bits per heavy atom. The van der Waals surface area contributed by atoms with Crippen molar-refractivity contribution in [3.8, 4) is 0 Å². The van der Waals surface area contributed by atoms with Crippen molar-refractivity contribution in [2.75, 3.05) is 32.6 Å². The lowest BCUT2D eigenvalue weighted by Gasteiger charge is -2.49. The first-order valence-electron chi connectivity index (χ1n) is 6.75. The van der Waals surface area contributed by atoms with Gasteiger partial charge >= 0.3 is 0 Å². The molecule has 3 nitrogen and oxygen atoms in total. The minimum atomic E-state index is 0.358. The Morgan fingerprint density at radius 1 is 1.17 bits per heavy atom. The maximum atomic E-state index is 5.82. The normalized spacial score (nSPS) is 17.6. The van der Waals surface area contributed by atoms with Crippen LogP contribution < -0.4 is 10.6 Å². The van der Waals surface area contributed by atoms with Crippen LogP contribution in [-0.2, 0) is 6.54 Å². The zero-order valence-corrected chi connectivity index (χ0v) is 11.8. The molecule has 2 rings (SSSR count). The van der Waals surface area contributed by atoms with Gasteiger partial charge in [-0.05, 0) is 45.0 Å². The van der Waals surface area contributed by atoms with E-state index in [2.05, 4.69) is 55.2 Å². The highest BCUT2D eigenvalue weighted by molar-refractivity contribution is 5.53. The van der Waals surface area contributed by atoms with Gasteiger partial charge in [-0.3, -0.25) is 0 Å². The predicted octanol–water partition coefficient (Wildman–Crippen LogP) is 2.07. The van der Waals surface area contributed by atoms with Crippen LogP contribution in [0.15, 0.2) is 24.3 Å². The summed E-state index contributed by atoms with van der Waals surface area (Å²) in [5, 5.41) is 0. The molecule has 2 N–H and O–H groups in total. The Hall–Kier alpha value is -1.06. The van der Waals surface area contributed by atoms with E-state index >= 15 is 0 Å². The molecule has 0 aromatic heterocycles. The maximum Gasteiger partial charge on any atom is 0.0409 e. The second-order valence-electron chi connectivity index (χ2n) is 5.66. The van der Waals surface area contributed by atoms with E-state index in [4.69, 9.17) is 5.73 Å². The number of nitrogens with two attached hydrogens (primary N) is 1. The van der Waals surface area contributed by atoms with E-state index in [0.29, 0.717) is 12.1 Å². The van der Waals surface area contributed by atoms with Crippen LogP contribution >= 0.6 is 0 Å². The summed E-state index contributed by atoms with van der Waals surface area (Å²) in [5.74, 6) is 0. The molecule has 1 aliphatic carbocycles. The molecule has 0 unspecified atom stereocenters. The van der Waals surface area contributed by atoms with Crippen molar-refractivity contribution in [2.24, 2.45) is 5.73 Å². The zero-order valence-electron chi connectivity index (χ0n) is 11.8. The summed E-state index contributed by atoms with van der Waals surface area (Å²) in [7, 11) is 6.57. The van der Waals surface area contributed by atoms with Gasteiger partial charge < -0.3 is 15.5 Å². The fourth-order valence-corrected chi connectivity index (χ4v) is 2.91. The molecule has 0 aliphatic heterocycles. The molecular formula is C15H25N3. The molecule has 18 heavy (non-hydrogen) atoms. The number of nitrogens with zero attached hydrogens (tertiary/aromatic N) is 2. The van der Waals surface area contributed by atoms with Crippen molar-refractivity contribution in [2.45, 2.75) is 31.3 Å². The van der Waals surface area contributed by atoms with Crippen molar-refractivity contribution in [1.82, 2.24) is 4.90 Å². The van der Waals surface area contributed by atoms with Gasteiger partial charge in [0.25, 0.3) is 0 Å². The number of rotatable bonds is 5. The highest BCUT2D eigenvalue weighted by atomic mass is 15.2. The van der Waals surface area contributed by atoms with Gasteiger partial charge in [0.2, 0.25) is 0 Å². The van der Waals surface area contributed by atoms with E-state index in [0.717, 1.165) is 6.54 Å². The molecule has 0 spiro atoms. The van der Waals surface area contributed by atoms with Crippen molar-refractivity contribution in [3.05, 3.63) is 29.8 Å². The fourth-order valence-electron chi connectivity index (χ4n) is 2.91. The molecule has 0 saturated heterocycles. The van der Waals surface area contributed by atoms with Crippen molar-refractivity contribution < 1.29 is 0 Å². The highest BCUT2D eigenvalue weighted by Gasteiger charge is 2.40. The van der Waals surface area contributed by atoms with Crippen LogP contribution in [0.4, 0.5) is 5.69 Å². The molecule has 0 atom stereocenters. The number of anilines is 1. The molecule has 1 aromatic carbocycles. The molecule has 1 aliphatic rings. The van der Waals surface area contributed by atoms with Crippen molar-refractivity contribution in [1.29, 1.82) is 0 Å². The third kappa shape index (κ3) is 2.38. The molecule has 1 saturated carbocycles. The Bertz CT molecular complexity index is 396. The Labute approximate surface area is 111 Å². The van der Waals surface area contributed by atoms with Crippen LogP contribution in [0.3, 0.4) is 0 Å². The third-order valence-corrected chi connectivity index (χ3v) is 4.39. The summed E-state index contributed by atoms with van der Waals surface area (Å²) < 4.78 is 0. The minimum Gasteiger partial charge on any atom is -0.372 e. The van der Waals surface area contributed by atoms with Gasteiger partial charge in [-0.2, -0.15) is 0 Å². The van der Waals surface area contributed by atoms with Crippen LogP contribution in [0.25, 0.3) is 0 Å². The second kappa shape index (κ2) is 5.29. The van der Waals surface area contributed by atoms with Gasteiger partial charge in [-0.1, -0.05) is 18.2 Å². The molecule has 1 fully saturated rings. The molecule has 1 aromatic rings. The zero-order chi connectivity index (χ0) is 13.2. The fraction of sp³-hybridized carbons (Fsp3) is 0.600. The Kier molecular flexibility index (Phi) is 3.93. The van der Waals surface area contributed by atoms with Gasteiger partial charge in [-0.25, -0.2) is 0 Å². The quantitative estimate of drug-likeness (QED) is 0.864. The van der Waals surface area contributed by atoms with Crippen LogP contribution in [0, 0.1) is 0 Å². The highest BCUT2D eigenvalue weighted by Crippen LogP contribution is 2.37. The van der Waals surface area contributed by atoms with Crippen LogP contribution in [0.1, 0.15) is 24.8 Å². The molecule has 0 heterocycles. The second-order valence-corrected chi connectivity index (χ2v) is 5.66. The Morgan fingerprint density at radius 3 is 2.33 bits per heavy atom. The maximum absolute atomic E-state index is 5.82. The molecule has 3 heteroatoms. The number of para-hydroxylation sites is 1. The summed E-state index contributed by atoms with van der Waals surface area (Å²) in [6, 6.07) is 8.44. The first kappa shape index (κ1) is 13.4. The van der Waals surface area contributed by atoms with E-state index < -0.39 is 0 Å². The summed E-state index contributed by atoms with van der Waals surface area (Å²) in [6.45, 7) is 1.69. The van der Waals surface area contributed by atoms with Gasteiger partial charge in [0.15, 0.2) is 0 Å². The first-order chi connectivity index (χ1) is 8.59. The Balaban J connectivity index is 2.14. The average molecular weight is 247 g/mol. The first-order valence-corrected chi connectivity index (χ1v) is 6.75. The van der Waals surface area contributed by atoms with E-state index in [1.54, 1.807) is 0 Å². The molecule has 0 amide bonds. The van der Waals surface area contributed by atoms with E-state index in [1.165, 1.54) is 30.5 Å². The lowest BCUT2D eigenvalue weighted by atomic mass is 9.75. The monoisotopic (exact) mass is 247 g/mol. The predicted molar refractivity (Wildman–Crippen MR) is 77.9 cm³/mol. The van der Waals surface area contributed by atoms with Gasteiger partial charge in [-0.15, -0.1) is 0 Å². The topological polar surface area (TPSA) is 32.5 Å². The van der Waals surface area contributed by atoms with Crippen LogP contribution in [0.5, 0.6) is 0 Å². The smallest absolute Gasteiger partial charge is 0.0409 e. The molecule has 0 radical (unpaired) electrons. The number of hydrogen-bond donors (Lipinski definition) is 1. The SMILES string of the molecule is CN(CC1(N(C)C)CCC1)c1ccccc1CN. The van der Waals surface area contributed by atoms with Gasteiger partial charge in [0, 0.05) is 31.4 Å². The lowest BCUT2D eigenvalue weighted by Crippen LogP contribution is -2.56. The van der Waals surface area contributed by atoms with Crippen molar-refractivity contribution in [3.63, 3.8) is 0 Å². The van der Waals surface area contributed by atoms with Crippen LogP contribution in [0.2, 0.25) is 0 Å². The van der Waals surface area contributed by atoms with E-state index in [1.807, 2.05) is 0 Å². The summed E-state index contributed by atoms with van der Waals surface area (Å²) in [4.78, 5) is 4.75. The molecule has 100 valence electrons. The summed E-state index contributed by atoms with van der Waals surface area (Å²) in [6.07, 6.45) is 3.95. The van der Waals surface area contributed by atoms with Crippen LogP contribution in [-0.4, -0.2) is 38.1 Å². The minimum absolute atomic E-state index is 0.358. The molecule has 0 bridgehead atoms. The third-order valence-electron chi connectivity index (χ3n) is 4.39.